The van der Waals surface area contributed by atoms with Gasteiger partial charge in [0, 0.05) is 48.1 Å². The van der Waals surface area contributed by atoms with Crippen molar-refractivity contribution in [1.29, 1.82) is 0 Å². The Morgan fingerprint density at radius 1 is 1.03 bits per heavy atom. The van der Waals surface area contributed by atoms with Crippen LogP contribution in [-0.2, 0) is 21.4 Å². The van der Waals surface area contributed by atoms with Gasteiger partial charge in [-0.15, -0.1) is 11.3 Å². The summed E-state index contributed by atoms with van der Waals surface area (Å²) in [5.74, 6) is 0.0748. The number of amides is 2. The van der Waals surface area contributed by atoms with Gasteiger partial charge in [-0.05, 0) is 35.9 Å². The number of fused-ring (bicyclic) bond motifs is 1. The van der Waals surface area contributed by atoms with E-state index in [1.54, 1.807) is 28.0 Å². The molecule has 2 fully saturated rings. The van der Waals surface area contributed by atoms with Gasteiger partial charge in [0.25, 0.3) is 5.91 Å². The van der Waals surface area contributed by atoms with Crippen LogP contribution in [0.4, 0.5) is 4.79 Å². The van der Waals surface area contributed by atoms with Crippen molar-refractivity contribution < 1.29 is 22.7 Å². The lowest BCUT2D eigenvalue weighted by Gasteiger charge is -2.21. The quantitative estimate of drug-likeness (QED) is 0.689. The molecule has 2 amide bonds. The van der Waals surface area contributed by atoms with Crippen LogP contribution in [0, 0.1) is 11.8 Å². The lowest BCUT2D eigenvalue weighted by atomic mass is 10.0. The Labute approximate surface area is 193 Å². The predicted octanol–water partition coefficient (Wildman–Crippen LogP) is 3.04. The summed E-state index contributed by atoms with van der Waals surface area (Å²) in [5.41, 5.74) is 0.705. The fourth-order valence-corrected chi connectivity index (χ4v) is 6.25. The minimum atomic E-state index is -3.83. The minimum absolute atomic E-state index is 0.0369. The van der Waals surface area contributed by atoms with Gasteiger partial charge in [-0.3, -0.25) is 4.79 Å². The molecule has 1 aromatic carbocycles. The molecule has 2 aliphatic rings. The Bertz CT molecular complexity index is 1100. The standard InChI is InChI=1S/C19H19Cl2N3O5S2/c20-14-3-11(4-15(21)5-14)10-29-19(26)24-8-12-6-23(7-13(12)9-24)18(25)16-1-2-17(30-16)31(22,27)28/h1-5,12-13H,6-10H2,(H2,22,27,28). The lowest BCUT2D eigenvalue weighted by Crippen LogP contribution is -2.35. The highest BCUT2D eigenvalue weighted by molar-refractivity contribution is 7.91. The zero-order valence-electron chi connectivity index (χ0n) is 16.2. The van der Waals surface area contributed by atoms with Crippen LogP contribution in [0.3, 0.4) is 0 Å². The molecule has 12 heteroatoms. The highest BCUT2D eigenvalue weighted by Gasteiger charge is 2.43. The molecular formula is C19H19Cl2N3O5S2. The summed E-state index contributed by atoms with van der Waals surface area (Å²) in [7, 11) is -3.83. The van der Waals surface area contributed by atoms with Crippen LogP contribution in [0.15, 0.2) is 34.5 Å². The molecule has 4 rings (SSSR count). The molecule has 8 nitrogen and oxygen atoms in total. The summed E-state index contributed by atoms with van der Waals surface area (Å²) in [6.45, 7) is 2.06. The van der Waals surface area contributed by atoms with Gasteiger partial charge in [0.1, 0.15) is 10.8 Å². The van der Waals surface area contributed by atoms with Crippen LogP contribution >= 0.6 is 34.5 Å². The summed E-state index contributed by atoms with van der Waals surface area (Å²) in [4.78, 5) is 28.8. The van der Waals surface area contributed by atoms with Crippen LogP contribution in [0.2, 0.25) is 10.0 Å². The van der Waals surface area contributed by atoms with Crippen molar-refractivity contribution in [2.75, 3.05) is 26.2 Å². The SMILES string of the molecule is NS(=O)(=O)c1ccc(C(=O)N2CC3CN(C(=O)OCc4cc(Cl)cc(Cl)c4)CC3C2)s1. The van der Waals surface area contributed by atoms with Crippen molar-refractivity contribution in [3.8, 4) is 0 Å². The van der Waals surface area contributed by atoms with E-state index in [1.165, 1.54) is 12.1 Å². The molecule has 0 bridgehead atoms. The summed E-state index contributed by atoms with van der Waals surface area (Å²) in [6, 6.07) is 7.81. The largest absolute Gasteiger partial charge is 0.445 e. The number of thiophene rings is 1. The van der Waals surface area contributed by atoms with E-state index in [0.29, 0.717) is 46.7 Å². The van der Waals surface area contributed by atoms with Crippen LogP contribution in [0.5, 0.6) is 0 Å². The lowest BCUT2D eigenvalue weighted by molar-refractivity contribution is 0.0769. The van der Waals surface area contributed by atoms with E-state index in [0.717, 1.165) is 11.3 Å². The average Bonchev–Trinajstić information content (AvgIpc) is 3.38. The van der Waals surface area contributed by atoms with Crippen molar-refractivity contribution in [2.45, 2.75) is 10.8 Å². The van der Waals surface area contributed by atoms with Gasteiger partial charge in [-0.2, -0.15) is 0 Å². The second kappa shape index (κ2) is 8.59. The summed E-state index contributed by atoms with van der Waals surface area (Å²) in [5, 5.41) is 6.06. The van der Waals surface area contributed by atoms with Crippen LogP contribution in [0.1, 0.15) is 15.2 Å². The maximum Gasteiger partial charge on any atom is 0.410 e. The molecule has 0 aliphatic carbocycles. The molecule has 2 saturated heterocycles. The van der Waals surface area contributed by atoms with Crippen molar-refractivity contribution in [3.05, 3.63) is 50.8 Å². The topological polar surface area (TPSA) is 110 Å². The van der Waals surface area contributed by atoms with Gasteiger partial charge >= 0.3 is 6.09 Å². The fourth-order valence-electron chi connectivity index (χ4n) is 3.98. The Morgan fingerprint density at radius 3 is 2.16 bits per heavy atom. The van der Waals surface area contributed by atoms with E-state index in [-0.39, 0.29) is 28.6 Å². The van der Waals surface area contributed by atoms with Gasteiger partial charge in [0.15, 0.2) is 0 Å². The highest BCUT2D eigenvalue weighted by Crippen LogP contribution is 2.33. The first-order valence-electron chi connectivity index (χ1n) is 9.39. The van der Waals surface area contributed by atoms with E-state index in [4.69, 9.17) is 33.1 Å². The number of hydrogen-bond donors (Lipinski definition) is 1. The second-order valence-corrected chi connectivity index (χ2v) is 11.4. The van der Waals surface area contributed by atoms with E-state index < -0.39 is 16.1 Å². The smallest absolute Gasteiger partial charge is 0.410 e. The van der Waals surface area contributed by atoms with Crippen LogP contribution < -0.4 is 5.14 Å². The second-order valence-electron chi connectivity index (χ2n) is 7.63. The van der Waals surface area contributed by atoms with Gasteiger partial charge in [0.2, 0.25) is 10.0 Å². The first-order chi connectivity index (χ1) is 14.6. The van der Waals surface area contributed by atoms with E-state index in [1.807, 2.05) is 0 Å². The molecule has 1 aromatic heterocycles. The molecule has 3 heterocycles. The molecule has 0 saturated carbocycles. The van der Waals surface area contributed by atoms with Crippen molar-refractivity contribution in [1.82, 2.24) is 9.80 Å². The van der Waals surface area contributed by atoms with Crippen molar-refractivity contribution in [3.63, 3.8) is 0 Å². The third-order valence-corrected chi connectivity index (χ3v) is 8.34. The summed E-state index contributed by atoms with van der Waals surface area (Å²) < 4.78 is 28.2. The third-order valence-electron chi connectivity index (χ3n) is 5.39. The van der Waals surface area contributed by atoms with Gasteiger partial charge in [-0.1, -0.05) is 23.2 Å². The van der Waals surface area contributed by atoms with Crippen LogP contribution in [-0.4, -0.2) is 56.4 Å². The van der Waals surface area contributed by atoms with Gasteiger partial charge < -0.3 is 14.5 Å². The molecule has 2 atom stereocenters. The molecule has 0 spiro atoms. The Morgan fingerprint density at radius 2 is 1.61 bits per heavy atom. The molecule has 2 N–H and O–H groups in total. The molecule has 166 valence electrons. The number of halogens is 2. The molecule has 2 aliphatic heterocycles. The number of rotatable bonds is 4. The Balaban J connectivity index is 1.31. The summed E-state index contributed by atoms with van der Waals surface area (Å²) >= 11 is 12.8. The Kier molecular flexibility index (Phi) is 6.19. The molecule has 31 heavy (non-hydrogen) atoms. The number of likely N-dealkylation sites (tertiary alicyclic amines) is 2. The molecule has 2 unspecified atom stereocenters. The number of primary sulfonamides is 1. The summed E-state index contributed by atoms with van der Waals surface area (Å²) in [6.07, 6.45) is -0.417. The monoisotopic (exact) mass is 503 g/mol. The van der Waals surface area contributed by atoms with E-state index >= 15 is 0 Å². The van der Waals surface area contributed by atoms with Crippen LogP contribution in [0.25, 0.3) is 0 Å². The molecule has 0 radical (unpaired) electrons. The first-order valence-corrected chi connectivity index (χ1v) is 12.5. The number of carbonyl (C=O) groups excluding carboxylic acids is 2. The average molecular weight is 504 g/mol. The van der Waals surface area contributed by atoms with E-state index in [2.05, 4.69) is 0 Å². The minimum Gasteiger partial charge on any atom is -0.445 e. The number of sulfonamides is 1. The molecular weight excluding hydrogens is 485 g/mol. The number of hydrogen-bond acceptors (Lipinski definition) is 6. The maximum atomic E-state index is 12.7. The number of ether oxygens (including phenoxy) is 1. The number of nitrogens with zero attached hydrogens (tertiary/aromatic N) is 2. The van der Waals surface area contributed by atoms with Gasteiger partial charge in [-0.25, -0.2) is 18.4 Å². The van der Waals surface area contributed by atoms with Crippen molar-refractivity contribution in [2.24, 2.45) is 17.0 Å². The maximum absolute atomic E-state index is 12.7. The Hall–Kier alpha value is -1.85. The zero-order chi connectivity index (χ0) is 22.3. The normalized spacial score (nSPS) is 20.7. The zero-order valence-corrected chi connectivity index (χ0v) is 19.3. The predicted molar refractivity (Wildman–Crippen MR) is 117 cm³/mol. The molecule has 2 aromatic rings. The third kappa shape index (κ3) is 4.98. The number of benzene rings is 1. The number of nitrogens with two attached hydrogens (primary N) is 1. The van der Waals surface area contributed by atoms with E-state index in [9.17, 15) is 18.0 Å². The highest BCUT2D eigenvalue weighted by atomic mass is 35.5. The van der Waals surface area contributed by atoms with Gasteiger partial charge in [0.05, 0.1) is 4.88 Å². The number of carbonyl (C=O) groups is 2. The van der Waals surface area contributed by atoms with Crippen molar-refractivity contribution >= 4 is 56.6 Å². The first kappa shape index (κ1) is 22.3. The fraction of sp³-hybridized carbons (Fsp3) is 0.368.